The molecule has 0 fully saturated rings. The molecule has 1 atom stereocenters. The van der Waals surface area contributed by atoms with Crippen molar-refractivity contribution in [3.63, 3.8) is 0 Å². The minimum Gasteiger partial charge on any atom is -0.248 e. The fraction of sp³-hybridized carbons (Fsp3) is 0.500. The van der Waals surface area contributed by atoms with Crippen LogP contribution in [0.5, 0.6) is 0 Å². The molecule has 78 valence electrons. The Balaban J connectivity index is 3.14. The van der Waals surface area contributed by atoms with Gasteiger partial charge in [-0.3, -0.25) is 0 Å². The molecule has 1 heterocycles. The fourth-order valence-electron chi connectivity index (χ4n) is 1.05. The van der Waals surface area contributed by atoms with Crippen LogP contribution in [0, 0.1) is 4.78 Å². The lowest BCUT2D eigenvalue weighted by molar-refractivity contribution is 0.585. The van der Waals surface area contributed by atoms with Gasteiger partial charge < -0.3 is 0 Å². The number of pyridine rings is 1. The van der Waals surface area contributed by atoms with Gasteiger partial charge in [0.25, 0.3) is 0 Å². The number of rotatable bonds is 1. The van der Waals surface area contributed by atoms with Crippen LogP contribution in [0.2, 0.25) is 0 Å². The summed E-state index contributed by atoms with van der Waals surface area (Å²) in [7, 11) is -2.68. The zero-order valence-electron chi connectivity index (χ0n) is 9.00. The molecule has 0 amide bonds. The van der Waals surface area contributed by atoms with E-state index in [-0.39, 0.29) is 5.41 Å². The standard InChI is InChI=1S/C10H16N2OS/c1-10(2,3)8-5-6-9(12-7-8)14(4,11)13/h5-7,11H,1-4H3/t14-/m1/s1. The topological polar surface area (TPSA) is 53.8 Å². The van der Waals surface area contributed by atoms with Gasteiger partial charge in [-0.1, -0.05) is 26.8 Å². The van der Waals surface area contributed by atoms with Gasteiger partial charge in [0.05, 0.1) is 9.73 Å². The van der Waals surface area contributed by atoms with E-state index in [0.29, 0.717) is 5.03 Å². The number of hydrogen-bond donors (Lipinski definition) is 1. The molecule has 0 aromatic carbocycles. The molecule has 3 nitrogen and oxygen atoms in total. The van der Waals surface area contributed by atoms with Gasteiger partial charge in [0.2, 0.25) is 0 Å². The lowest BCUT2D eigenvalue weighted by Crippen LogP contribution is -2.12. The Morgan fingerprint density at radius 1 is 1.36 bits per heavy atom. The lowest BCUT2D eigenvalue weighted by atomic mass is 9.88. The van der Waals surface area contributed by atoms with Crippen molar-refractivity contribution in [1.82, 2.24) is 4.98 Å². The van der Waals surface area contributed by atoms with Gasteiger partial charge in [-0.25, -0.2) is 14.0 Å². The first-order chi connectivity index (χ1) is 6.21. The van der Waals surface area contributed by atoms with Crippen molar-refractivity contribution in [1.29, 1.82) is 4.78 Å². The highest BCUT2D eigenvalue weighted by atomic mass is 32.2. The fourth-order valence-corrected chi connectivity index (χ4v) is 1.64. The van der Waals surface area contributed by atoms with Crippen LogP contribution in [0.25, 0.3) is 0 Å². The third-order valence-corrected chi connectivity index (χ3v) is 3.04. The molecule has 0 saturated carbocycles. The van der Waals surface area contributed by atoms with E-state index < -0.39 is 9.73 Å². The maximum atomic E-state index is 11.4. The largest absolute Gasteiger partial charge is 0.248 e. The Labute approximate surface area is 85.5 Å². The van der Waals surface area contributed by atoms with Crippen LogP contribution in [0.15, 0.2) is 23.4 Å². The quantitative estimate of drug-likeness (QED) is 0.777. The summed E-state index contributed by atoms with van der Waals surface area (Å²) in [6.45, 7) is 6.27. The van der Waals surface area contributed by atoms with Crippen LogP contribution in [0.1, 0.15) is 26.3 Å². The number of aromatic nitrogens is 1. The molecular weight excluding hydrogens is 196 g/mol. The molecule has 4 heteroatoms. The third kappa shape index (κ3) is 2.54. The summed E-state index contributed by atoms with van der Waals surface area (Å²) in [5.74, 6) is 0. The summed E-state index contributed by atoms with van der Waals surface area (Å²) < 4.78 is 18.7. The summed E-state index contributed by atoms with van der Waals surface area (Å²) in [4.78, 5) is 4.05. The summed E-state index contributed by atoms with van der Waals surface area (Å²) in [5, 5.41) is 0.352. The number of nitrogens with one attached hydrogen (secondary N) is 1. The van der Waals surface area contributed by atoms with Gasteiger partial charge in [-0.2, -0.15) is 0 Å². The van der Waals surface area contributed by atoms with E-state index in [2.05, 4.69) is 25.8 Å². The summed E-state index contributed by atoms with van der Waals surface area (Å²) >= 11 is 0. The van der Waals surface area contributed by atoms with E-state index in [9.17, 15) is 4.21 Å². The minimum atomic E-state index is -2.68. The van der Waals surface area contributed by atoms with E-state index >= 15 is 0 Å². The Kier molecular flexibility index (Phi) is 2.67. The SMILES string of the molecule is CC(C)(C)c1ccc([S@](C)(=N)=O)nc1. The first-order valence-electron chi connectivity index (χ1n) is 4.41. The lowest BCUT2D eigenvalue weighted by Gasteiger charge is -2.18. The molecule has 0 aliphatic rings. The van der Waals surface area contributed by atoms with Crippen molar-refractivity contribution < 1.29 is 4.21 Å². The molecule has 0 aliphatic heterocycles. The molecule has 0 spiro atoms. The summed E-state index contributed by atoms with van der Waals surface area (Å²) in [5.41, 5.74) is 1.13. The van der Waals surface area contributed by atoms with E-state index in [1.54, 1.807) is 12.3 Å². The van der Waals surface area contributed by atoms with Gasteiger partial charge in [-0.15, -0.1) is 0 Å². The van der Waals surface area contributed by atoms with Crippen molar-refractivity contribution in [2.24, 2.45) is 0 Å². The van der Waals surface area contributed by atoms with Crippen LogP contribution >= 0.6 is 0 Å². The van der Waals surface area contributed by atoms with E-state index in [1.165, 1.54) is 6.26 Å². The summed E-state index contributed by atoms with van der Waals surface area (Å²) in [6, 6.07) is 3.57. The van der Waals surface area contributed by atoms with E-state index in [4.69, 9.17) is 4.78 Å². The Bertz CT molecular complexity index is 412. The van der Waals surface area contributed by atoms with Crippen LogP contribution < -0.4 is 0 Å². The average molecular weight is 212 g/mol. The zero-order chi connectivity index (χ0) is 11.0. The number of nitrogens with zero attached hydrogens (tertiary/aromatic N) is 1. The van der Waals surface area contributed by atoms with Crippen molar-refractivity contribution in [2.45, 2.75) is 31.2 Å². The van der Waals surface area contributed by atoms with Gasteiger partial charge in [0, 0.05) is 12.5 Å². The van der Waals surface area contributed by atoms with Crippen molar-refractivity contribution >= 4 is 9.73 Å². The van der Waals surface area contributed by atoms with Gasteiger partial charge >= 0.3 is 0 Å². The number of hydrogen-bond acceptors (Lipinski definition) is 3. The van der Waals surface area contributed by atoms with Gasteiger partial charge in [0.15, 0.2) is 0 Å². The van der Waals surface area contributed by atoms with Crippen LogP contribution in [0.4, 0.5) is 0 Å². The zero-order valence-corrected chi connectivity index (χ0v) is 9.81. The normalized spacial score (nSPS) is 16.3. The molecule has 1 rings (SSSR count). The molecule has 0 aliphatic carbocycles. The molecule has 1 N–H and O–H groups in total. The van der Waals surface area contributed by atoms with Crippen LogP contribution in [0.3, 0.4) is 0 Å². The highest BCUT2D eigenvalue weighted by Crippen LogP contribution is 2.21. The van der Waals surface area contributed by atoms with E-state index in [0.717, 1.165) is 5.56 Å². The van der Waals surface area contributed by atoms with Crippen LogP contribution in [-0.4, -0.2) is 15.4 Å². The minimum absolute atomic E-state index is 0.0438. The molecule has 0 saturated heterocycles. The molecule has 0 bridgehead atoms. The van der Waals surface area contributed by atoms with E-state index in [1.807, 2.05) is 6.07 Å². The second-order valence-corrected chi connectivity index (χ2v) is 6.58. The van der Waals surface area contributed by atoms with Crippen molar-refractivity contribution in [3.8, 4) is 0 Å². The monoisotopic (exact) mass is 212 g/mol. The average Bonchev–Trinajstić information content (AvgIpc) is 2.01. The molecule has 1 aromatic heterocycles. The molecule has 0 unspecified atom stereocenters. The van der Waals surface area contributed by atoms with Gasteiger partial charge in [0.1, 0.15) is 5.03 Å². The molecular formula is C10H16N2OS. The maximum absolute atomic E-state index is 11.4. The molecule has 0 radical (unpaired) electrons. The van der Waals surface area contributed by atoms with Crippen molar-refractivity contribution in [3.05, 3.63) is 23.9 Å². The highest BCUT2D eigenvalue weighted by molar-refractivity contribution is 7.91. The Morgan fingerprint density at radius 2 is 1.93 bits per heavy atom. The maximum Gasteiger partial charge on any atom is 0.135 e. The first kappa shape index (κ1) is 11.2. The molecule has 1 aromatic rings. The second-order valence-electron chi connectivity index (χ2n) is 4.48. The second kappa shape index (κ2) is 3.35. The Morgan fingerprint density at radius 3 is 2.21 bits per heavy atom. The highest BCUT2D eigenvalue weighted by Gasteiger charge is 2.14. The Hall–Kier alpha value is -0.900. The molecule has 14 heavy (non-hydrogen) atoms. The predicted molar refractivity (Wildman–Crippen MR) is 58.0 cm³/mol. The van der Waals surface area contributed by atoms with Crippen molar-refractivity contribution in [2.75, 3.05) is 6.26 Å². The predicted octanol–water partition coefficient (Wildman–Crippen LogP) is 2.41. The van der Waals surface area contributed by atoms with Crippen LogP contribution in [-0.2, 0) is 15.1 Å². The smallest absolute Gasteiger partial charge is 0.135 e. The summed E-state index contributed by atoms with van der Waals surface area (Å²) in [6.07, 6.45) is 3.08. The van der Waals surface area contributed by atoms with Gasteiger partial charge in [-0.05, 0) is 17.0 Å². The third-order valence-electron chi connectivity index (χ3n) is 2.00. The first-order valence-corrected chi connectivity index (χ1v) is 6.38.